The average molecular weight is 189 g/mol. The van der Waals surface area contributed by atoms with Crippen molar-refractivity contribution in [2.45, 2.75) is 20.0 Å². The number of hydrogen-bond donors (Lipinski definition) is 1. The van der Waals surface area contributed by atoms with Crippen LogP contribution in [-0.2, 0) is 0 Å². The zero-order valence-corrected chi connectivity index (χ0v) is 7.69. The molecule has 1 nitrogen and oxygen atoms in total. The Balaban J connectivity index is 3.33. The number of benzene rings is 1. The topological polar surface area (TPSA) is 20.2 Å². The molecule has 1 aromatic carbocycles. The molecule has 1 atom stereocenters. The second-order valence-electron chi connectivity index (χ2n) is 2.77. The quantitative estimate of drug-likeness (QED) is 0.719. The van der Waals surface area contributed by atoms with Crippen molar-refractivity contribution < 1.29 is 9.50 Å². The Bertz CT molecular complexity index is 297. The highest BCUT2D eigenvalue weighted by atomic mass is 35.5. The maximum Gasteiger partial charge on any atom is 0.133 e. The van der Waals surface area contributed by atoms with E-state index in [0.29, 0.717) is 5.56 Å². The van der Waals surface area contributed by atoms with Gasteiger partial charge in [-0.25, -0.2) is 4.39 Å². The van der Waals surface area contributed by atoms with E-state index in [1.165, 1.54) is 6.92 Å². The molecule has 0 saturated carbocycles. The number of aryl methyl sites for hydroxylation is 1. The Morgan fingerprint density at radius 3 is 2.50 bits per heavy atom. The van der Waals surface area contributed by atoms with Gasteiger partial charge in [0, 0.05) is 10.6 Å². The lowest BCUT2D eigenvalue weighted by molar-refractivity contribution is 0.194. The van der Waals surface area contributed by atoms with Crippen LogP contribution in [0.3, 0.4) is 0 Å². The molecule has 0 spiro atoms. The van der Waals surface area contributed by atoms with Crippen LogP contribution in [0.1, 0.15) is 24.2 Å². The maximum atomic E-state index is 13.3. The van der Waals surface area contributed by atoms with Gasteiger partial charge >= 0.3 is 0 Å². The largest absolute Gasteiger partial charge is 0.389 e. The normalized spacial score (nSPS) is 13.1. The van der Waals surface area contributed by atoms with Crippen LogP contribution in [-0.4, -0.2) is 5.11 Å². The smallest absolute Gasteiger partial charge is 0.133 e. The summed E-state index contributed by atoms with van der Waals surface area (Å²) in [6.07, 6.45) is -0.864. The molecule has 0 aliphatic rings. The number of aliphatic hydroxyl groups is 1. The van der Waals surface area contributed by atoms with Crippen LogP contribution in [0.2, 0.25) is 5.02 Å². The molecule has 1 aromatic rings. The third kappa shape index (κ3) is 1.59. The maximum absolute atomic E-state index is 13.3. The lowest BCUT2D eigenvalue weighted by Gasteiger charge is -2.09. The van der Waals surface area contributed by atoms with Gasteiger partial charge in [-0.2, -0.15) is 0 Å². The molecule has 0 radical (unpaired) electrons. The molecule has 3 heteroatoms. The van der Waals surface area contributed by atoms with E-state index in [-0.39, 0.29) is 10.6 Å². The van der Waals surface area contributed by atoms with Crippen LogP contribution in [0.4, 0.5) is 4.39 Å². The van der Waals surface area contributed by atoms with Crippen LogP contribution < -0.4 is 0 Å². The van der Waals surface area contributed by atoms with Crippen LogP contribution >= 0.6 is 11.6 Å². The lowest BCUT2D eigenvalue weighted by Crippen LogP contribution is -1.99. The molecule has 0 heterocycles. The Morgan fingerprint density at radius 2 is 2.08 bits per heavy atom. The predicted octanol–water partition coefficient (Wildman–Crippen LogP) is 2.84. The summed E-state index contributed by atoms with van der Waals surface area (Å²) < 4.78 is 13.3. The molecule has 0 amide bonds. The summed E-state index contributed by atoms with van der Waals surface area (Å²) >= 11 is 5.70. The first-order valence-electron chi connectivity index (χ1n) is 3.66. The van der Waals surface area contributed by atoms with Crippen LogP contribution in [0.25, 0.3) is 0 Å². The lowest BCUT2D eigenvalue weighted by atomic mass is 10.1. The van der Waals surface area contributed by atoms with Gasteiger partial charge in [0.1, 0.15) is 5.82 Å². The van der Waals surface area contributed by atoms with E-state index in [1.54, 1.807) is 19.1 Å². The van der Waals surface area contributed by atoms with Gasteiger partial charge in [0.15, 0.2) is 0 Å². The van der Waals surface area contributed by atoms with E-state index >= 15 is 0 Å². The molecule has 0 fully saturated rings. The monoisotopic (exact) mass is 188 g/mol. The van der Waals surface area contributed by atoms with Crippen molar-refractivity contribution in [3.8, 4) is 0 Å². The van der Waals surface area contributed by atoms with Gasteiger partial charge < -0.3 is 5.11 Å². The highest BCUT2D eigenvalue weighted by molar-refractivity contribution is 6.31. The molecule has 1 N–H and O–H groups in total. The number of hydrogen-bond acceptors (Lipinski definition) is 1. The minimum absolute atomic E-state index is 0.177. The second kappa shape index (κ2) is 3.42. The van der Waals surface area contributed by atoms with Crippen molar-refractivity contribution in [1.29, 1.82) is 0 Å². The molecule has 12 heavy (non-hydrogen) atoms. The fourth-order valence-corrected chi connectivity index (χ4v) is 1.37. The third-order valence-electron chi connectivity index (χ3n) is 1.74. The Hall–Kier alpha value is -0.600. The highest BCUT2D eigenvalue weighted by Gasteiger charge is 2.13. The van der Waals surface area contributed by atoms with Gasteiger partial charge in [0.2, 0.25) is 0 Å². The van der Waals surface area contributed by atoms with Crippen molar-refractivity contribution in [3.63, 3.8) is 0 Å². The van der Waals surface area contributed by atoms with E-state index in [4.69, 9.17) is 11.6 Å². The standard InChI is InChI=1S/C9H10ClFO/c1-5-3-4-7(10)8(6(2)12)9(5)11/h3-4,6,12H,1-2H3. The molecule has 0 bridgehead atoms. The molecular formula is C9H10ClFO. The summed E-state index contributed by atoms with van der Waals surface area (Å²) in [5, 5.41) is 9.46. The van der Waals surface area contributed by atoms with Crippen molar-refractivity contribution in [2.24, 2.45) is 0 Å². The van der Waals surface area contributed by atoms with Crippen molar-refractivity contribution in [1.82, 2.24) is 0 Å². The highest BCUT2D eigenvalue weighted by Crippen LogP contribution is 2.27. The van der Waals surface area contributed by atoms with E-state index in [9.17, 15) is 9.50 Å². The minimum atomic E-state index is -0.864. The van der Waals surface area contributed by atoms with Crippen molar-refractivity contribution >= 4 is 11.6 Å². The fourth-order valence-electron chi connectivity index (χ4n) is 1.06. The van der Waals surface area contributed by atoms with Gasteiger partial charge in [-0.05, 0) is 25.5 Å². The summed E-state index contributed by atoms with van der Waals surface area (Å²) in [6, 6.07) is 3.17. The van der Waals surface area contributed by atoms with E-state index in [2.05, 4.69) is 0 Å². The third-order valence-corrected chi connectivity index (χ3v) is 2.07. The average Bonchev–Trinajstić information content (AvgIpc) is 1.97. The molecule has 1 unspecified atom stereocenters. The SMILES string of the molecule is Cc1ccc(Cl)c(C(C)O)c1F. The Morgan fingerprint density at radius 1 is 1.50 bits per heavy atom. The predicted molar refractivity (Wildman–Crippen MR) is 46.8 cm³/mol. The summed E-state index contributed by atoms with van der Waals surface area (Å²) in [5.41, 5.74) is 0.673. The first-order valence-corrected chi connectivity index (χ1v) is 4.04. The molecular weight excluding hydrogens is 179 g/mol. The molecule has 66 valence electrons. The zero-order chi connectivity index (χ0) is 9.30. The number of rotatable bonds is 1. The van der Waals surface area contributed by atoms with Gasteiger partial charge in [-0.15, -0.1) is 0 Å². The Labute approximate surface area is 75.8 Å². The van der Waals surface area contributed by atoms with Crippen LogP contribution in [0.15, 0.2) is 12.1 Å². The first-order chi connectivity index (χ1) is 5.54. The van der Waals surface area contributed by atoms with Gasteiger partial charge in [0.25, 0.3) is 0 Å². The molecule has 0 aliphatic heterocycles. The van der Waals surface area contributed by atoms with E-state index in [1.807, 2.05) is 0 Å². The van der Waals surface area contributed by atoms with E-state index < -0.39 is 11.9 Å². The van der Waals surface area contributed by atoms with Gasteiger partial charge in [-0.1, -0.05) is 17.7 Å². The van der Waals surface area contributed by atoms with Crippen LogP contribution in [0, 0.1) is 12.7 Å². The van der Waals surface area contributed by atoms with Crippen molar-refractivity contribution in [3.05, 3.63) is 34.1 Å². The summed E-state index contributed by atoms with van der Waals surface area (Å²) in [6.45, 7) is 3.13. The second-order valence-corrected chi connectivity index (χ2v) is 3.18. The zero-order valence-electron chi connectivity index (χ0n) is 6.94. The molecule has 0 saturated heterocycles. The van der Waals surface area contributed by atoms with Crippen LogP contribution in [0.5, 0.6) is 0 Å². The minimum Gasteiger partial charge on any atom is -0.389 e. The van der Waals surface area contributed by atoms with E-state index in [0.717, 1.165) is 0 Å². The number of halogens is 2. The molecule has 1 rings (SSSR count). The summed E-state index contributed by atoms with van der Waals surface area (Å²) in [5.74, 6) is -0.419. The van der Waals surface area contributed by atoms with Crippen molar-refractivity contribution in [2.75, 3.05) is 0 Å². The molecule has 0 aliphatic carbocycles. The first kappa shape index (κ1) is 9.49. The molecule has 0 aromatic heterocycles. The van der Waals surface area contributed by atoms with Gasteiger partial charge in [-0.3, -0.25) is 0 Å². The van der Waals surface area contributed by atoms with Gasteiger partial charge in [0.05, 0.1) is 6.10 Å². The fraction of sp³-hybridized carbons (Fsp3) is 0.333. The summed E-state index contributed by atoms with van der Waals surface area (Å²) in [7, 11) is 0. The Kier molecular flexibility index (Phi) is 2.70. The number of aliphatic hydroxyl groups excluding tert-OH is 1. The summed E-state index contributed by atoms with van der Waals surface area (Å²) in [4.78, 5) is 0.